The van der Waals surface area contributed by atoms with Crippen LogP contribution in [0, 0.1) is 5.82 Å². The monoisotopic (exact) mass is 1050 g/mol. The lowest BCUT2D eigenvalue weighted by Gasteiger charge is -2.36. The molecule has 4 aromatic carbocycles. The van der Waals surface area contributed by atoms with Gasteiger partial charge in [-0.25, -0.2) is 22.8 Å². The molecule has 5 heterocycles. The highest BCUT2D eigenvalue weighted by Gasteiger charge is 2.41. The predicted octanol–water partition coefficient (Wildman–Crippen LogP) is 6.39. The summed E-state index contributed by atoms with van der Waals surface area (Å²) in [5.74, 6) is -1.18. The van der Waals surface area contributed by atoms with E-state index in [9.17, 15) is 44.3 Å². The number of hydrogen-bond acceptors (Lipinski definition) is 15. The van der Waals surface area contributed by atoms with E-state index in [1.54, 1.807) is 28.5 Å². The van der Waals surface area contributed by atoms with Gasteiger partial charge in [-0.15, -0.1) is 26.4 Å². The topological polar surface area (TPSA) is 217 Å². The summed E-state index contributed by atoms with van der Waals surface area (Å²) >= 11 is 14.3. The molecule has 3 fully saturated rings. The molecule has 2 aromatic heterocycles. The number of nitrogens with one attached hydrogen (secondary N) is 1. The van der Waals surface area contributed by atoms with E-state index in [0.717, 1.165) is 41.2 Å². The van der Waals surface area contributed by atoms with E-state index in [1.807, 2.05) is 12.1 Å². The van der Waals surface area contributed by atoms with Crippen molar-refractivity contribution in [3.8, 4) is 0 Å². The van der Waals surface area contributed by atoms with Gasteiger partial charge in [-0.3, -0.25) is 19.2 Å². The maximum Gasteiger partial charge on any atom is 0.279 e. The molecule has 3 aliphatic heterocycles. The number of thiazole rings is 2. The molecular weight excluding hydrogens is 1010 g/mol. The molecule has 352 valence electrons. The average Bonchev–Trinajstić information content (AvgIpc) is 4.14. The van der Waals surface area contributed by atoms with Crippen molar-refractivity contribution in [1.82, 2.24) is 14.9 Å². The van der Waals surface area contributed by atoms with Gasteiger partial charge in [0.25, 0.3) is 36.0 Å². The lowest BCUT2D eigenvalue weighted by atomic mass is 10.1. The van der Waals surface area contributed by atoms with Crippen LogP contribution in [0.25, 0.3) is 0 Å². The Morgan fingerprint density at radius 2 is 1.27 bits per heavy atom. The number of nitrogens with zero attached hydrogens (tertiary/aromatic N) is 6. The molecule has 3 aliphatic rings. The maximum absolute atomic E-state index is 13.4. The van der Waals surface area contributed by atoms with Crippen LogP contribution in [0.5, 0.6) is 0 Å². The quantitative estimate of drug-likeness (QED) is 0.136. The number of amides is 2. The molecule has 3 atom stereocenters. The van der Waals surface area contributed by atoms with Crippen LogP contribution < -0.4 is 18.2 Å². The minimum absolute atomic E-state index is 0.00806. The summed E-state index contributed by atoms with van der Waals surface area (Å²) in [7, 11) is -13.1. The molecule has 0 unspecified atom stereocenters. The average molecular weight is 1050 g/mol. The highest BCUT2D eigenvalue weighted by atomic mass is 35.5. The number of benzene rings is 4. The van der Waals surface area contributed by atoms with Crippen molar-refractivity contribution in [3.05, 3.63) is 136 Å². The highest BCUT2D eigenvalue weighted by molar-refractivity contribution is 8.10. The third kappa shape index (κ3) is 10.5. The number of hydrogen-bond donors (Lipinski definition) is 2. The number of anilines is 4. The van der Waals surface area contributed by atoms with E-state index in [-0.39, 0.29) is 49.7 Å². The molecule has 0 spiro atoms. The van der Waals surface area contributed by atoms with Gasteiger partial charge in [0.15, 0.2) is 5.13 Å². The van der Waals surface area contributed by atoms with Crippen LogP contribution in [0.3, 0.4) is 0 Å². The van der Waals surface area contributed by atoms with Crippen LogP contribution in [-0.4, -0.2) is 102 Å². The minimum Gasteiger partial charge on any atom is -0.383 e. The molecule has 9 rings (SSSR count). The van der Waals surface area contributed by atoms with Crippen molar-refractivity contribution in [2.24, 2.45) is 0 Å². The second kappa shape index (κ2) is 19.9. The van der Waals surface area contributed by atoms with Crippen molar-refractivity contribution < 1.29 is 49.1 Å². The Bertz CT molecular complexity index is 3060. The summed E-state index contributed by atoms with van der Waals surface area (Å²) in [6, 6.07) is 20.2. The van der Waals surface area contributed by atoms with Gasteiger partial charge in [-0.05, 0) is 103 Å². The van der Waals surface area contributed by atoms with Crippen LogP contribution in [0.4, 0.5) is 26.0 Å². The van der Waals surface area contributed by atoms with Gasteiger partial charge in [0.2, 0.25) is 11.0 Å². The lowest BCUT2D eigenvalue weighted by Crippen LogP contribution is -2.48. The number of rotatable bonds is 12. The molecule has 17 nitrogen and oxygen atoms in total. The first-order valence-corrected chi connectivity index (χ1v) is 27.0. The molecular formula is C42H38Cl2FN7O10S5. The fraction of sp³-hybridized carbons (Fsp3) is 0.238. The van der Waals surface area contributed by atoms with Gasteiger partial charge in [-0.1, -0.05) is 23.2 Å². The van der Waals surface area contributed by atoms with Crippen molar-refractivity contribution in [1.29, 1.82) is 0 Å². The molecule has 2 amide bonds. The molecule has 3 saturated heterocycles. The Labute approximate surface area is 403 Å². The second-order valence-electron chi connectivity index (χ2n) is 15.1. The first kappa shape index (κ1) is 48.4. The first-order valence-electron chi connectivity index (χ1n) is 20.1. The lowest BCUT2D eigenvalue weighted by molar-refractivity contribution is -0.125. The fourth-order valence-electron chi connectivity index (χ4n) is 7.59. The van der Waals surface area contributed by atoms with Crippen LogP contribution in [0.1, 0.15) is 24.5 Å². The maximum atomic E-state index is 13.4. The largest absolute Gasteiger partial charge is 0.383 e. The van der Waals surface area contributed by atoms with Crippen LogP contribution in [0.2, 0.25) is 10.0 Å². The zero-order valence-electron chi connectivity index (χ0n) is 34.6. The van der Waals surface area contributed by atoms with Gasteiger partial charge in [-0.2, -0.15) is 16.8 Å². The van der Waals surface area contributed by atoms with E-state index in [1.165, 1.54) is 70.4 Å². The van der Waals surface area contributed by atoms with Gasteiger partial charge >= 0.3 is 0 Å². The second-order valence-corrected chi connectivity index (χ2v) is 23.2. The summed E-state index contributed by atoms with van der Waals surface area (Å²) in [5.41, 5.74) is 1.92. The number of morpholine rings is 1. The summed E-state index contributed by atoms with van der Waals surface area (Å²) in [6.07, 6.45) is 2.38. The number of carbonyl (C=O) groups is 2. The van der Waals surface area contributed by atoms with Crippen molar-refractivity contribution in [2.45, 2.75) is 45.8 Å². The van der Waals surface area contributed by atoms with Crippen molar-refractivity contribution >= 4 is 109 Å². The van der Waals surface area contributed by atoms with Gasteiger partial charge < -0.3 is 19.6 Å². The molecule has 2 N–H and O–H groups in total. The summed E-state index contributed by atoms with van der Waals surface area (Å²) in [4.78, 5) is 37.6. The Morgan fingerprint density at radius 1 is 0.716 bits per heavy atom. The third-order valence-electron chi connectivity index (χ3n) is 10.8. The Morgan fingerprint density at radius 3 is 1.82 bits per heavy atom. The first-order chi connectivity index (χ1) is 31.9. The molecule has 0 saturated carbocycles. The molecule has 0 bridgehead atoms. The number of aromatic nitrogens is 2. The van der Waals surface area contributed by atoms with Crippen molar-refractivity contribution in [2.75, 3.05) is 51.0 Å². The predicted molar refractivity (Wildman–Crippen MR) is 252 cm³/mol. The number of ether oxygens (including phenoxy) is 1. The number of aliphatic hydroxyl groups is 1. The summed E-state index contributed by atoms with van der Waals surface area (Å²) in [6.45, 7) is 2.53. The van der Waals surface area contributed by atoms with Gasteiger partial charge in [0.05, 0.1) is 33.4 Å². The van der Waals surface area contributed by atoms with E-state index in [0.29, 0.717) is 59.2 Å². The van der Waals surface area contributed by atoms with Crippen LogP contribution in [0.15, 0.2) is 129 Å². The molecule has 0 radical (unpaired) electrons. The summed E-state index contributed by atoms with van der Waals surface area (Å²) in [5, 5.41) is 13.8. The fourth-order valence-corrected chi connectivity index (χ4v) is 14.6. The van der Waals surface area contributed by atoms with E-state index >= 15 is 0 Å². The Hall–Kier alpha value is -5.08. The molecule has 67 heavy (non-hydrogen) atoms. The van der Waals surface area contributed by atoms with Crippen LogP contribution >= 0.6 is 45.9 Å². The van der Waals surface area contributed by atoms with Crippen molar-refractivity contribution in [3.63, 3.8) is 0 Å². The highest BCUT2D eigenvalue weighted by Crippen LogP contribution is 2.35. The van der Waals surface area contributed by atoms with Gasteiger partial charge in [0, 0.05) is 77.2 Å². The van der Waals surface area contributed by atoms with E-state index in [4.69, 9.17) is 27.9 Å². The number of aliphatic hydroxyl groups excluding tert-OH is 1. The number of sulfonamides is 3. The van der Waals surface area contributed by atoms with Crippen LogP contribution in [-0.2, 0) is 44.4 Å². The van der Waals surface area contributed by atoms with E-state index < -0.39 is 52.8 Å². The molecule has 0 aliphatic carbocycles. The SMILES string of the molecule is O=C1[C@@H](N2CCO[C@@H](c3cc(Cl)cc(Cl)c3)C2)CCN1c1ccc(S(=O)(=O)Nc2nccs2)cc1.O=C1[C@H](O)CCN1c1ccc(S(=O)(=O)N(c2nccs2)S(=O)(=O)c2ccc(F)cc2)cc1. The normalized spacial score (nSPS) is 19.3. The standard InChI is InChI=1S/C23H22Cl2N4O4S2.C19H16FN3O6S3/c24-16-11-15(12-17(25)13-16)21-14-28(8-9-33-21)20-5-7-29(22(20)30)18-1-3-19(4-2-18)35(31,32)27-23-26-6-10-34-23;20-13-1-5-15(6-2-13)31(26,27)23(19-21-10-12-30-19)32(28,29)16-7-3-14(4-8-16)22-11-9-17(24)18(22)25/h1-4,6,10-13,20-21H,5,7-9,14H2,(H,26,27);1-8,10,12,17,24H,9,11H2/t20-,21+;17-/m01/s1. The minimum atomic E-state index is -4.66. The zero-order valence-corrected chi connectivity index (χ0v) is 40.2. The number of carbonyl (C=O) groups excluding carboxylic acids is 2. The third-order valence-corrected chi connectivity index (χ3v) is 18.6. The Balaban J connectivity index is 0.000000182. The molecule has 6 aromatic rings. The number of halogens is 3. The van der Waals surface area contributed by atoms with E-state index in [2.05, 4.69) is 19.6 Å². The summed E-state index contributed by atoms with van der Waals surface area (Å²) < 4.78 is 100. The van der Waals surface area contributed by atoms with Gasteiger partial charge in [0.1, 0.15) is 11.9 Å². The molecule has 25 heteroatoms. The smallest absolute Gasteiger partial charge is 0.279 e. The zero-order chi connectivity index (χ0) is 47.7. The Kier molecular flexibility index (Phi) is 14.3.